The molecule has 0 aromatic heterocycles. The van der Waals surface area contributed by atoms with Gasteiger partial charge in [0, 0.05) is 25.6 Å². The van der Waals surface area contributed by atoms with Crippen LogP contribution in [0.3, 0.4) is 0 Å². The van der Waals surface area contributed by atoms with Gasteiger partial charge in [-0.1, -0.05) is 61.5 Å². The number of aryl methyl sites for hydroxylation is 1. The van der Waals surface area contributed by atoms with Gasteiger partial charge in [0.05, 0.1) is 5.92 Å². The largest absolute Gasteiger partial charge is 0.481 e. The van der Waals surface area contributed by atoms with E-state index in [0.717, 1.165) is 25.1 Å². The predicted molar refractivity (Wildman–Crippen MR) is 91.4 cm³/mol. The molecule has 0 amide bonds. The minimum absolute atomic E-state index is 0.0720. The molecule has 1 fully saturated rings. The minimum Gasteiger partial charge on any atom is -0.481 e. The van der Waals surface area contributed by atoms with Crippen molar-refractivity contribution in [2.75, 3.05) is 13.1 Å². The lowest BCUT2D eigenvalue weighted by atomic mass is 9.88. The van der Waals surface area contributed by atoms with Crippen LogP contribution in [0.25, 0.3) is 0 Å². The van der Waals surface area contributed by atoms with E-state index in [1.807, 2.05) is 24.3 Å². The van der Waals surface area contributed by atoms with Gasteiger partial charge in [0.2, 0.25) is 0 Å². The van der Waals surface area contributed by atoms with Gasteiger partial charge in [-0.15, -0.1) is 0 Å². The molecule has 1 heterocycles. The maximum atomic E-state index is 11.7. The van der Waals surface area contributed by atoms with Gasteiger partial charge in [-0.05, 0) is 23.1 Å². The van der Waals surface area contributed by atoms with E-state index in [0.29, 0.717) is 6.54 Å². The van der Waals surface area contributed by atoms with E-state index in [1.165, 1.54) is 11.1 Å². The smallest absolute Gasteiger partial charge is 0.308 e. The molecule has 1 aliphatic rings. The molecule has 3 rings (SSSR count). The number of benzene rings is 2. The molecule has 3 nitrogen and oxygen atoms in total. The van der Waals surface area contributed by atoms with Crippen LogP contribution in [0.4, 0.5) is 0 Å². The Morgan fingerprint density at radius 1 is 1.09 bits per heavy atom. The highest BCUT2D eigenvalue weighted by Gasteiger charge is 2.38. The van der Waals surface area contributed by atoms with E-state index in [9.17, 15) is 9.90 Å². The number of carboxylic acids is 1. The molecule has 0 bridgehead atoms. The molecular weight excluding hydrogens is 286 g/mol. The predicted octanol–water partition coefficient (Wildman–Crippen LogP) is 3.55. The zero-order valence-electron chi connectivity index (χ0n) is 13.5. The molecule has 2 atom stereocenters. The first-order valence-electron chi connectivity index (χ1n) is 8.25. The van der Waals surface area contributed by atoms with E-state index >= 15 is 0 Å². The highest BCUT2D eigenvalue weighted by molar-refractivity contribution is 5.72. The molecular formula is C20H23NO2. The van der Waals surface area contributed by atoms with E-state index in [-0.39, 0.29) is 11.8 Å². The lowest BCUT2D eigenvalue weighted by Gasteiger charge is -2.17. The molecule has 0 spiro atoms. The summed E-state index contributed by atoms with van der Waals surface area (Å²) in [4.78, 5) is 14.0. The maximum absolute atomic E-state index is 11.7. The van der Waals surface area contributed by atoms with Crippen LogP contribution in [-0.2, 0) is 17.8 Å². The van der Waals surface area contributed by atoms with Gasteiger partial charge in [-0.3, -0.25) is 9.69 Å². The third-order valence-electron chi connectivity index (χ3n) is 4.75. The Morgan fingerprint density at radius 3 is 2.52 bits per heavy atom. The molecule has 2 unspecified atom stereocenters. The summed E-state index contributed by atoms with van der Waals surface area (Å²) < 4.78 is 0. The topological polar surface area (TPSA) is 40.5 Å². The zero-order chi connectivity index (χ0) is 16.2. The molecule has 1 aliphatic heterocycles. The SMILES string of the molecule is CCc1cccc(C2CN(Cc3ccccc3)CC2C(=O)O)c1. The standard InChI is InChI=1S/C20H23NO2/c1-2-15-9-6-10-17(11-15)18-13-21(14-19(18)20(22)23)12-16-7-4-3-5-8-16/h3-11,18-19H,2,12-14H2,1H3,(H,22,23). The summed E-state index contributed by atoms with van der Waals surface area (Å²) in [5.41, 5.74) is 3.67. The summed E-state index contributed by atoms with van der Waals surface area (Å²) in [5, 5.41) is 9.63. The Balaban J connectivity index is 1.79. The first-order chi connectivity index (χ1) is 11.2. The molecule has 2 aromatic carbocycles. The van der Waals surface area contributed by atoms with E-state index in [1.54, 1.807) is 0 Å². The normalized spacial score (nSPS) is 21.4. The monoisotopic (exact) mass is 309 g/mol. The molecule has 0 aliphatic carbocycles. The first kappa shape index (κ1) is 15.8. The number of carboxylic acid groups (broad SMARTS) is 1. The summed E-state index contributed by atoms with van der Waals surface area (Å²) in [7, 11) is 0. The third-order valence-corrected chi connectivity index (χ3v) is 4.75. The van der Waals surface area contributed by atoms with Gasteiger partial charge >= 0.3 is 5.97 Å². The number of hydrogen-bond donors (Lipinski definition) is 1. The van der Waals surface area contributed by atoms with Gasteiger partial charge in [0.25, 0.3) is 0 Å². The Kier molecular flexibility index (Phi) is 4.77. The highest BCUT2D eigenvalue weighted by atomic mass is 16.4. The molecule has 0 radical (unpaired) electrons. The van der Waals surface area contributed by atoms with Crippen molar-refractivity contribution in [1.29, 1.82) is 0 Å². The number of rotatable bonds is 5. The summed E-state index contributed by atoms with van der Waals surface area (Å²) >= 11 is 0. The van der Waals surface area contributed by atoms with Crippen molar-refractivity contribution in [2.45, 2.75) is 25.8 Å². The number of likely N-dealkylation sites (tertiary alicyclic amines) is 1. The average Bonchev–Trinajstić information content (AvgIpc) is 3.00. The van der Waals surface area contributed by atoms with Crippen molar-refractivity contribution >= 4 is 5.97 Å². The van der Waals surface area contributed by atoms with Crippen molar-refractivity contribution in [3.05, 3.63) is 71.3 Å². The minimum atomic E-state index is -0.688. The summed E-state index contributed by atoms with van der Waals surface area (Å²) in [5.74, 6) is -0.944. The van der Waals surface area contributed by atoms with Gasteiger partial charge in [0.15, 0.2) is 0 Å². The van der Waals surface area contributed by atoms with Crippen LogP contribution >= 0.6 is 0 Å². The lowest BCUT2D eigenvalue weighted by molar-refractivity contribution is -0.141. The summed E-state index contributed by atoms with van der Waals surface area (Å²) in [6.07, 6.45) is 0.978. The quantitative estimate of drug-likeness (QED) is 0.918. The molecule has 1 saturated heterocycles. The van der Waals surface area contributed by atoms with Crippen LogP contribution in [0.15, 0.2) is 54.6 Å². The number of aliphatic carboxylic acids is 1. The fraction of sp³-hybridized carbons (Fsp3) is 0.350. The van der Waals surface area contributed by atoms with Crippen LogP contribution in [0.5, 0.6) is 0 Å². The second-order valence-electron chi connectivity index (χ2n) is 6.33. The Bertz CT molecular complexity index is 668. The van der Waals surface area contributed by atoms with Crippen molar-refractivity contribution in [3.63, 3.8) is 0 Å². The van der Waals surface area contributed by atoms with Crippen molar-refractivity contribution in [3.8, 4) is 0 Å². The van der Waals surface area contributed by atoms with Crippen molar-refractivity contribution in [2.24, 2.45) is 5.92 Å². The Labute approximate surface area is 137 Å². The Morgan fingerprint density at radius 2 is 1.83 bits per heavy atom. The summed E-state index contributed by atoms with van der Waals surface area (Å²) in [6.45, 7) is 4.36. The molecule has 0 saturated carbocycles. The molecule has 1 N–H and O–H groups in total. The lowest BCUT2D eigenvalue weighted by Crippen LogP contribution is -2.23. The molecule has 120 valence electrons. The second-order valence-corrected chi connectivity index (χ2v) is 6.33. The number of carbonyl (C=O) groups is 1. The van der Waals surface area contributed by atoms with Crippen molar-refractivity contribution in [1.82, 2.24) is 4.90 Å². The van der Waals surface area contributed by atoms with Crippen LogP contribution in [0.2, 0.25) is 0 Å². The van der Waals surface area contributed by atoms with Crippen LogP contribution in [-0.4, -0.2) is 29.1 Å². The molecule has 3 heteroatoms. The molecule has 2 aromatic rings. The van der Waals surface area contributed by atoms with E-state index < -0.39 is 5.97 Å². The van der Waals surface area contributed by atoms with Crippen molar-refractivity contribution < 1.29 is 9.90 Å². The zero-order valence-corrected chi connectivity index (χ0v) is 13.5. The van der Waals surface area contributed by atoms with Gasteiger partial charge in [-0.25, -0.2) is 0 Å². The van der Waals surface area contributed by atoms with Gasteiger partial charge in [-0.2, -0.15) is 0 Å². The first-order valence-corrected chi connectivity index (χ1v) is 8.25. The Hall–Kier alpha value is -2.13. The van der Waals surface area contributed by atoms with E-state index in [4.69, 9.17) is 0 Å². The fourth-order valence-corrected chi connectivity index (χ4v) is 3.49. The number of hydrogen-bond acceptors (Lipinski definition) is 2. The summed E-state index contributed by atoms with van der Waals surface area (Å²) in [6, 6.07) is 18.7. The molecule has 23 heavy (non-hydrogen) atoms. The number of nitrogens with zero attached hydrogens (tertiary/aromatic N) is 1. The van der Waals surface area contributed by atoms with Gasteiger partial charge in [0.1, 0.15) is 0 Å². The maximum Gasteiger partial charge on any atom is 0.308 e. The highest BCUT2D eigenvalue weighted by Crippen LogP contribution is 2.34. The van der Waals surface area contributed by atoms with Crippen LogP contribution in [0.1, 0.15) is 29.5 Å². The second kappa shape index (κ2) is 6.97. The average molecular weight is 309 g/mol. The van der Waals surface area contributed by atoms with Crippen LogP contribution < -0.4 is 0 Å². The third kappa shape index (κ3) is 3.62. The van der Waals surface area contributed by atoms with Gasteiger partial charge < -0.3 is 5.11 Å². The van der Waals surface area contributed by atoms with Crippen LogP contribution in [0, 0.1) is 5.92 Å². The fourth-order valence-electron chi connectivity index (χ4n) is 3.49. The van der Waals surface area contributed by atoms with E-state index in [2.05, 4.69) is 42.2 Å².